The molecule has 3 rings (SSSR count). The second kappa shape index (κ2) is 9.59. The molecule has 156 valence electrons. The lowest BCUT2D eigenvalue weighted by molar-refractivity contribution is 0.0977. The molecule has 30 heavy (non-hydrogen) atoms. The largest absolute Gasteiger partial charge is 0.326 e. The third-order valence-corrected chi connectivity index (χ3v) is 5.16. The van der Waals surface area contributed by atoms with Crippen LogP contribution >= 0.6 is 11.6 Å². The van der Waals surface area contributed by atoms with Crippen molar-refractivity contribution in [2.45, 2.75) is 27.2 Å². The summed E-state index contributed by atoms with van der Waals surface area (Å²) in [6, 6.07) is 14.7. The Morgan fingerprint density at radius 1 is 1.13 bits per heavy atom. The zero-order valence-electron chi connectivity index (χ0n) is 17.7. The van der Waals surface area contributed by atoms with Crippen LogP contribution in [0.3, 0.4) is 0 Å². The standard InChI is InChI=1S/C23H26ClN5O/c1-15-8-10-20(11-9-15)26-23(27-22(30)18-6-5-7-19(24)14-18)25-13-12-21-16(2)28-29(4)17(21)3/h5-11,14H,12-13H2,1-4H3,(H2,25,26,27,30). The highest BCUT2D eigenvalue weighted by Crippen LogP contribution is 2.14. The maximum atomic E-state index is 12.7. The van der Waals surface area contributed by atoms with Gasteiger partial charge in [0, 0.05) is 35.6 Å². The van der Waals surface area contributed by atoms with Crippen LogP contribution in [0.4, 0.5) is 5.69 Å². The predicted molar refractivity (Wildman–Crippen MR) is 122 cm³/mol. The van der Waals surface area contributed by atoms with Crippen molar-refractivity contribution in [3.8, 4) is 0 Å². The summed E-state index contributed by atoms with van der Waals surface area (Å²) in [5.41, 5.74) is 5.78. The first kappa shape index (κ1) is 21.6. The van der Waals surface area contributed by atoms with E-state index in [0.717, 1.165) is 29.1 Å². The van der Waals surface area contributed by atoms with E-state index in [0.29, 0.717) is 23.1 Å². The van der Waals surface area contributed by atoms with Crippen molar-refractivity contribution in [2.75, 3.05) is 11.9 Å². The van der Waals surface area contributed by atoms with E-state index in [9.17, 15) is 4.79 Å². The Morgan fingerprint density at radius 3 is 2.50 bits per heavy atom. The fourth-order valence-electron chi connectivity index (χ4n) is 3.15. The van der Waals surface area contributed by atoms with Gasteiger partial charge in [-0.15, -0.1) is 0 Å². The van der Waals surface area contributed by atoms with Gasteiger partial charge in [0.1, 0.15) is 0 Å². The Kier molecular flexibility index (Phi) is 6.90. The summed E-state index contributed by atoms with van der Waals surface area (Å²) < 4.78 is 1.88. The number of aliphatic imine (C=N–C) groups is 1. The molecule has 2 N–H and O–H groups in total. The maximum absolute atomic E-state index is 12.7. The normalized spacial score (nSPS) is 11.4. The number of halogens is 1. The number of carbonyl (C=O) groups excluding carboxylic acids is 1. The first-order valence-corrected chi connectivity index (χ1v) is 10.2. The number of aryl methyl sites for hydroxylation is 3. The van der Waals surface area contributed by atoms with Gasteiger partial charge < -0.3 is 5.32 Å². The van der Waals surface area contributed by atoms with Gasteiger partial charge in [-0.05, 0) is 63.1 Å². The average Bonchev–Trinajstić information content (AvgIpc) is 2.95. The molecule has 7 heteroatoms. The molecular formula is C23H26ClN5O. The summed E-state index contributed by atoms with van der Waals surface area (Å²) >= 11 is 6.02. The second-order valence-electron chi connectivity index (χ2n) is 7.21. The molecule has 0 saturated carbocycles. The van der Waals surface area contributed by atoms with Gasteiger partial charge in [0.15, 0.2) is 0 Å². The number of nitrogens with one attached hydrogen (secondary N) is 2. The monoisotopic (exact) mass is 423 g/mol. The van der Waals surface area contributed by atoms with Crippen molar-refractivity contribution in [1.29, 1.82) is 0 Å². The summed E-state index contributed by atoms with van der Waals surface area (Å²) in [7, 11) is 1.94. The van der Waals surface area contributed by atoms with Crippen molar-refractivity contribution < 1.29 is 4.79 Å². The van der Waals surface area contributed by atoms with Crippen LogP contribution < -0.4 is 10.6 Å². The third-order valence-electron chi connectivity index (χ3n) is 4.92. The number of hydrogen-bond acceptors (Lipinski definition) is 3. The molecule has 1 heterocycles. The van der Waals surface area contributed by atoms with Gasteiger partial charge >= 0.3 is 0 Å². The van der Waals surface area contributed by atoms with Crippen molar-refractivity contribution in [2.24, 2.45) is 12.0 Å². The number of hydrogen-bond donors (Lipinski definition) is 2. The summed E-state index contributed by atoms with van der Waals surface area (Å²) in [6.45, 7) is 6.58. The van der Waals surface area contributed by atoms with Gasteiger partial charge in [0.05, 0.1) is 5.69 Å². The fraction of sp³-hybridized carbons (Fsp3) is 0.261. The Morgan fingerprint density at radius 2 is 1.87 bits per heavy atom. The van der Waals surface area contributed by atoms with Gasteiger partial charge in [-0.25, -0.2) is 0 Å². The first-order valence-electron chi connectivity index (χ1n) is 9.77. The first-order chi connectivity index (χ1) is 14.3. The fourth-order valence-corrected chi connectivity index (χ4v) is 3.34. The minimum atomic E-state index is -0.274. The number of amides is 1. The molecule has 3 aromatic rings. The number of guanidine groups is 1. The molecule has 0 fully saturated rings. The minimum Gasteiger partial charge on any atom is -0.326 e. The molecule has 0 atom stereocenters. The number of aromatic nitrogens is 2. The molecule has 0 saturated heterocycles. The smallest absolute Gasteiger partial charge is 0.258 e. The van der Waals surface area contributed by atoms with E-state index in [1.807, 2.05) is 56.8 Å². The predicted octanol–water partition coefficient (Wildman–Crippen LogP) is 4.44. The number of nitrogens with zero attached hydrogens (tertiary/aromatic N) is 3. The molecule has 0 spiro atoms. The zero-order chi connectivity index (χ0) is 21.7. The van der Waals surface area contributed by atoms with Gasteiger partial charge in [-0.1, -0.05) is 35.4 Å². The molecule has 0 radical (unpaired) electrons. The van der Waals surface area contributed by atoms with E-state index in [1.54, 1.807) is 24.3 Å². The minimum absolute atomic E-state index is 0.274. The Balaban J connectivity index is 1.78. The SMILES string of the molecule is Cc1ccc(NC(=NCCc2c(C)nn(C)c2C)NC(=O)c2cccc(Cl)c2)cc1. The molecule has 1 aromatic heterocycles. The quantitative estimate of drug-likeness (QED) is 0.470. The summed E-state index contributed by atoms with van der Waals surface area (Å²) in [5.74, 6) is 0.118. The highest BCUT2D eigenvalue weighted by atomic mass is 35.5. The Labute approximate surface area is 182 Å². The second-order valence-corrected chi connectivity index (χ2v) is 7.65. The van der Waals surface area contributed by atoms with Crippen LogP contribution in [-0.2, 0) is 13.5 Å². The maximum Gasteiger partial charge on any atom is 0.258 e. The number of rotatable bonds is 5. The number of benzene rings is 2. The molecule has 0 aliphatic carbocycles. The highest BCUT2D eigenvalue weighted by Gasteiger charge is 2.12. The van der Waals surface area contributed by atoms with Crippen LogP contribution in [0.15, 0.2) is 53.5 Å². The van der Waals surface area contributed by atoms with Crippen LogP contribution in [0, 0.1) is 20.8 Å². The van der Waals surface area contributed by atoms with E-state index >= 15 is 0 Å². The summed E-state index contributed by atoms with van der Waals surface area (Å²) in [5, 5.41) is 11.0. The molecule has 0 aliphatic rings. The van der Waals surface area contributed by atoms with E-state index in [2.05, 4.69) is 20.7 Å². The Bertz CT molecular complexity index is 1070. The molecule has 1 amide bonds. The number of carbonyl (C=O) groups is 1. The van der Waals surface area contributed by atoms with Gasteiger partial charge in [-0.3, -0.25) is 19.8 Å². The van der Waals surface area contributed by atoms with E-state index in [1.165, 1.54) is 5.56 Å². The van der Waals surface area contributed by atoms with Crippen molar-refractivity contribution in [3.05, 3.63) is 81.6 Å². The average molecular weight is 424 g/mol. The molecule has 0 bridgehead atoms. The molecule has 0 unspecified atom stereocenters. The molecule has 0 aliphatic heterocycles. The third kappa shape index (κ3) is 5.48. The van der Waals surface area contributed by atoms with E-state index in [-0.39, 0.29) is 5.91 Å². The van der Waals surface area contributed by atoms with Crippen molar-refractivity contribution in [3.63, 3.8) is 0 Å². The van der Waals surface area contributed by atoms with Crippen molar-refractivity contribution in [1.82, 2.24) is 15.1 Å². The van der Waals surface area contributed by atoms with Crippen LogP contribution in [-0.4, -0.2) is 28.2 Å². The molecular weight excluding hydrogens is 398 g/mol. The van der Waals surface area contributed by atoms with E-state index in [4.69, 9.17) is 11.6 Å². The highest BCUT2D eigenvalue weighted by molar-refractivity contribution is 6.31. The zero-order valence-corrected chi connectivity index (χ0v) is 18.4. The molecule has 6 nitrogen and oxygen atoms in total. The van der Waals surface area contributed by atoms with Gasteiger partial charge in [0.2, 0.25) is 5.96 Å². The Hall–Kier alpha value is -3.12. The van der Waals surface area contributed by atoms with Crippen LogP contribution in [0.2, 0.25) is 5.02 Å². The molecule has 2 aromatic carbocycles. The van der Waals surface area contributed by atoms with Gasteiger partial charge in [-0.2, -0.15) is 5.10 Å². The number of anilines is 1. The topological polar surface area (TPSA) is 71.3 Å². The van der Waals surface area contributed by atoms with Crippen LogP contribution in [0.5, 0.6) is 0 Å². The lowest BCUT2D eigenvalue weighted by atomic mass is 10.1. The van der Waals surface area contributed by atoms with Crippen LogP contribution in [0.25, 0.3) is 0 Å². The van der Waals surface area contributed by atoms with E-state index < -0.39 is 0 Å². The van der Waals surface area contributed by atoms with Gasteiger partial charge in [0.25, 0.3) is 5.91 Å². The van der Waals surface area contributed by atoms with Crippen molar-refractivity contribution >= 4 is 29.2 Å². The lowest BCUT2D eigenvalue weighted by Gasteiger charge is -2.12. The lowest BCUT2D eigenvalue weighted by Crippen LogP contribution is -2.36. The summed E-state index contributed by atoms with van der Waals surface area (Å²) in [6.07, 6.45) is 0.734. The van der Waals surface area contributed by atoms with Crippen LogP contribution in [0.1, 0.15) is 32.9 Å². The summed E-state index contributed by atoms with van der Waals surface area (Å²) in [4.78, 5) is 17.3.